The molecule has 0 amide bonds. The molecule has 0 aliphatic heterocycles. The van der Waals surface area contributed by atoms with E-state index in [0.29, 0.717) is 19.0 Å². The Kier molecular flexibility index (Phi) is 6.75. The first-order valence-electron chi connectivity index (χ1n) is 10.9. The van der Waals surface area contributed by atoms with Crippen molar-refractivity contribution in [1.29, 1.82) is 0 Å². The van der Waals surface area contributed by atoms with Gasteiger partial charge in [-0.1, -0.05) is 22.8 Å². The average molecular weight is 546 g/mol. The fourth-order valence-electron chi connectivity index (χ4n) is 3.91. The normalized spacial score (nSPS) is 16.7. The Balaban J connectivity index is 1.99. The van der Waals surface area contributed by atoms with Gasteiger partial charge in [0.15, 0.2) is 19.3 Å². The number of ether oxygens (including phenoxy) is 1. The van der Waals surface area contributed by atoms with Crippen LogP contribution in [0.4, 0.5) is 17.6 Å². The molecule has 1 aromatic carbocycles. The molecular formula is C22H21BClF4N3O6. The Bertz CT molecular complexity index is 1290. The third kappa shape index (κ3) is 5.54. The second-order valence-electron chi connectivity index (χ2n) is 9.43. The van der Waals surface area contributed by atoms with Gasteiger partial charge in [-0.25, -0.2) is 9.07 Å². The van der Waals surface area contributed by atoms with Crippen LogP contribution < -0.4 is 0 Å². The quantitative estimate of drug-likeness (QED) is 0.193. The smallest absolute Gasteiger partial charge is 0.390 e. The summed E-state index contributed by atoms with van der Waals surface area (Å²) in [6, 6.07) is 3.54. The molecule has 2 heterocycles. The minimum Gasteiger partial charge on any atom is -0.390 e. The van der Waals surface area contributed by atoms with E-state index in [9.17, 15) is 38.0 Å². The molecule has 198 valence electrons. The van der Waals surface area contributed by atoms with E-state index in [4.69, 9.17) is 28.7 Å². The number of halogens is 5. The van der Waals surface area contributed by atoms with Crippen LogP contribution in [0.25, 0.3) is 22.6 Å². The van der Waals surface area contributed by atoms with Gasteiger partial charge in [-0.15, -0.1) is 0 Å². The summed E-state index contributed by atoms with van der Waals surface area (Å²) >= 11 is 6.12. The van der Waals surface area contributed by atoms with Crippen LogP contribution in [-0.4, -0.2) is 54.9 Å². The van der Waals surface area contributed by atoms with Crippen molar-refractivity contribution in [2.75, 3.05) is 0 Å². The summed E-state index contributed by atoms with van der Waals surface area (Å²) in [4.78, 5) is 0. The van der Waals surface area contributed by atoms with Gasteiger partial charge in [0.25, 0.3) is 5.91 Å². The second-order valence-corrected chi connectivity index (χ2v) is 9.83. The SMILES string of the molecule is [B]C(O)(OC1CC1)c1c(-c2c(F)cccc2Cl)noc1-c1cnn(C(O)(O)CC(C)(C)O)c1C(F)(F)F. The molecule has 15 heteroatoms. The van der Waals surface area contributed by atoms with Crippen LogP contribution in [0.15, 0.2) is 28.9 Å². The fourth-order valence-corrected chi connectivity index (χ4v) is 4.17. The lowest BCUT2D eigenvalue weighted by Gasteiger charge is -2.30. The van der Waals surface area contributed by atoms with E-state index in [1.165, 1.54) is 12.1 Å². The van der Waals surface area contributed by atoms with Gasteiger partial charge in [-0.3, -0.25) is 0 Å². The summed E-state index contributed by atoms with van der Waals surface area (Å²) in [5.41, 5.74) is -8.99. The van der Waals surface area contributed by atoms with E-state index in [1.807, 2.05) is 0 Å². The number of hydrogen-bond acceptors (Lipinski definition) is 8. The zero-order valence-corrected chi connectivity index (χ0v) is 20.2. The number of aromatic nitrogens is 3. The standard InChI is InChI=1S/C22H21BClF4N3O6/c1-19(2,32)9-20(33,34)31-18(22(26,27)28)11(8-29-31)17-15(21(23,35)36-10-6-7-10)16(30-37-17)14-12(24)4-3-5-13(14)25/h3-5,8,10,32-35H,6-7,9H2,1-2H3. The predicted molar refractivity (Wildman–Crippen MR) is 120 cm³/mol. The number of alkyl halides is 3. The van der Waals surface area contributed by atoms with Gasteiger partial charge in [0.1, 0.15) is 17.2 Å². The second kappa shape index (κ2) is 9.07. The molecule has 4 N–H and O–H groups in total. The molecular weight excluding hydrogens is 525 g/mol. The largest absolute Gasteiger partial charge is 0.433 e. The maximum atomic E-state index is 14.8. The molecule has 9 nitrogen and oxygen atoms in total. The van der Waals surface area contributed by atoms with Crippen LogP contribution in [0.1, 0.15) is 44.4 Å². The van der Waals surface area contributed by atoms with E-state index >= 15 is 0 Å². The van der Waals surface area contributed by atoms with E-state index in [-0.39, 0.29) is 9.70 Å². The molecule has 0 spiro atoms. The third-order valence-electron chi connectivity index (χ3n) is 5.41. The summed E-state index contributed by atoms with van der Waals surface area (Å²) in [7, 11) is 5.96. The molecule has 4 rings (SSSR count). The van der Waals surface area contributed by atoms with Gasteiger partial charge in [-0.05, 0) is 38.8 Å². The third-order valence-corrected chi connectivity index (χ3v) is 5.73. The fraction of sp³-hybridized carbons (Fsp3) is 0.455. The minimum atomic E-state index is -5.29. The number of nitrogens with zero attached hydrogens (tertiary/aromatic N) is 3. The van der Waals surface area contributed by atoms with E-state index in [0.717, 1.165) is 19.9 Å². The molecule has 1 aliphatic rings. The van der Waals surface area contributed by atoms with Gasteiger partial charge in [0.05, 0.1) is 46.0 Å². The maximum absolute atomic E-state index is 14.8. The first-order chi connectivity index (χ1) is 16.9. The molecule has 2 aromatic heterocycles. The highest BCUT2D eigenvalue weighted by atomic mass is 35.5. The molecule has 1 unspecified atom stereocenters. The Morgan fingerprint density at radius 3 is 2.38 bits per heavy atom. The van der Waals surface area contributed by atoms with Crippen molar-refractivity contribution in [2.24, 2.45) is 0 Å². The molecule has 1 aliphatic carbocycles. The highest BCUT2D eigenvalue weighted by molar-refractivity contribution is 6.33. The van der Waals surface area contributed by atoms with Gasteiger partial charge >= 0.3 is 6.18 Å². The lowest BCUT2D eigenvalue weighted by atomic mass is 9.83. The number of rotatable bonds is 8. The topological polar surface area (TPSA) is 134 Å². The van der Waals surface area contributed by atoms with Gasteiger partial charge in [0, 0.05) is 0 Å². The number of aliphatic hydroxyl groups is 4. The minimum absolute atomic E-state index is 0.167. The molecule has 1 saturated carbocycles. The van der Waals surface area contributed by atoms with Crippen molar-refractivity contribution in [1.82, 2.24) is 14.9 Å². The Labute approximate surface area is 213 Å². The van der Waals surface area contributed by atoms with Gasteiger partial charge in [0.2, 0.25) is 0 Å². The summed E-state index contributed by atoms with van der Waals surface area (Å²) in [6.07, 6.45) is -5.24. The highest BCUT2D eigenvalue weighted by Crippen LogP contribution is 2.47. The first-order valence-corrected chi connectivity index (χ1v) is 11.3. The van der Waals surface area contributed by atoms with Crippen molar-refractivity contribution in [3.8, 4) is 22.6 Å². The Morgan fingerprint density at radius 2 is 1.84 bits per heavy atom. The summed E-state index contributed by atoms with van der Waals surface area (Å²) in [5, 5.41) is 48.7. The van der Waals surface area contributed by atoms with Crippen LogP contribution in [0.5, 0.6) is 0 Å². The molecule has 37 heavy (non-hydrogen) atoms. The van der Waals surface area contributed by atoms with E-state index in [1.54, 1.807) is 0 Å². The molecule has 0 saturated heterocycles. The van der Waals surface area contributed by atoms with Crippen LogP contribution in [0, 0.1) is 5.82 Å². The molecule has 1 fully saturated rings. The Hall–Kier alpha value is -2.49. The lowest BCUT2D eigenvalue weighted by molar-refractivity contribution is -0.270. The monoisotopic (exact) mass is 545 g/mol. The maximum Gasteiger partial charge on any atom is 0.433 e. The van der Waals surface area contributed by atoms with E-state index < -0.39 is 75.6 Å². The summed E-state index contributed by atoms with van der Waals surface area (Å²) in [5.74, 6) is -5.10. The first kappa shape index (κ1) is 27.5. The Morgan fingerprint density at radius 1 is 1.19 bits per heavy atom. The van der Waals surface area contributed by atoms with Crippen molar-refractivity contribution in [3.05, 3.63) is 46.5 Å². The summed E-state index contributed by atoms with van der Waals surface area (Å²) in [6.45, 7) is 2.29. The highest BCUT2D eigenvalue weighted by Gasteiger charge is 2.48. The lowest BCUT2D eigenvalue weighted by Crippen LogP contribution is -2.43. The van der Waals surface area contributed by atoms with Crippen LogP contribution in [0.3, 0.4) is 0 Å². The van der Waals surface area contributed by atoms with Crippen LogP contribution in [0.2, 0.25) is 5.02 Å². The number of hydrogen-bond donors (Lipinski definition) is 4. The van der Waals surface area contributed by atoms with Gasteiger partial charge < -0.3 is 29.7 Å². The average Bonchev–Trinajstić information content (AvgIpc) is 3.21. The molecule has 2 radical (unpaired) electrons. The predicted octanol–water partition coefficient (Wildman–Crippen LogP) is 3.22. The van der Waals surface area contributed by atoms with Crippen LogP contribution in [-0.2, 0) is 22.5 Å². The molecule has 1 atom stereocenters. The van der Waals surface area contributed by atoms with E-state index in [2.05, 4.69) is 10.3 Å². The molecule has 0 bridgehead atoms. The zero-order chi connectivity index (χ0) is 27.6. The summed E-state index contributed by atoms with van der Waals surface area (Å²) < 4.78 is 68.0. The molecule has 3 aromatic rings. The zero-order valence-electron chi connectivity index (χ0n) is 19.4. The number of benzene rings is 1. The van der Waals surface area contributed by atoms with Crippen molar-refractivity contribution in [3.63, 3.8) is 0 Å². The van der Waals surface area contributed by atoms with Crippen molar-refractivity contribution in [2.45, 2.75) is 62.6 Å². The van der Waals surface area contributed by atoms with Crippen LogP contribution >= 0.6 is 11.6 Å². The van der Waals surface area contributed by atoms with Crippen molar-refractivity contribution < 1.29 is 47.2 Å². The van der Waals surface area contributed by atoms with Gasteiger partial charge in [-0.2, -0.15) is 18.3 Å². The van der Waals surface area contributed by atoms with Crippen molar-refractivity contribution >= 4 is 19.4 Å².